The van der Waals surface area contributed by atoms with Crippen molar-refractivity contribution in [2.45, 2.75) is 194 Å². The first-order valence-corrected chi connectivity index (χ1v) is 17.3. The normalized spacial score (nSPS) is 11.0. The van der Waals surface area contributed by atoms with E-state index in [0.29, 0.717) is 0 Å². The quantitative estimate of drug-likeness (QED) is 0.0471. The van der Waals surface area contributed by atoms with Crippen molar-refractivity contribution in [3.8, 4) is 0 Å². The molecule has 0 aliphatic heterocycles. The maximum atomic E-state index is 10.3. The summed E-state index contributed by atoms with van der Waals surface area (Å²) in [4.78, 5) is 20.6. The summed E-state index contributed by atoms with van der Waals surface area (Å²) in [7, 11) is 0. The van der Waals surface area contributed by atoms with E-state index in [-0.39, 0.29) is 32.3 Å². The molecule has 41 heavy (non-hydrogen) atoms. The van der Waals surface area contributed by atoms with Crippen LogP contribution in [0.3, 0.4) is 0 Å². The van der Waals surface area contributed by atoms with Gasteiger partial charge in [0.15, 0.2) is 0 Å². The number of aliphatic carboxylic acids is 2. The number of carboxylic acid groups (broad SMARTS) is 2. The zero-order chi connectivity index (χ0) is 29.8. The molecule has 0 heterocycles. The van der Waals surface area contributed by atoms with E-state index in [0.717, 1.165) is 12.8 Å². The Morgan fingerprint density at radius 3 is 0.829 bits per heavy atom. The maximum absolute atomic E-state index is 10.3. The molecule has 0 aromatic rings. The van der Waals surface area contributed by atoms with Gasteiger partial charge in [-0.05, 0) is 25.7 Å². The standard InChI is InChI=1S/2C18H34O2.Zn/c2*1-2-3-4-5-6-7-8-9-10-11-12-13-14-15-16-17-18(19)20;/h2*15-16H,2-14,17H2,1H3,(H,19,20);. The molecule has 0 rings (SSSR count). The summed E-state index contributed by atoms with van der Waals surface area (Å²) in [6, 6.07) is 0. The Hall–Kier alpha value is -0.957. The van der Waals surface area contributed by atoms with Crippen LogP contribution in [0.15, 0.2) is 24.3 Å². The summed E-state index contributed by atoms with van der Waals surface area (Å²) in [5.74, 6) is -1.48. The van der Waals surface area contributed by atoms with E-state index in [1.165, 1.54) is 154 Å². The van der Waals surface area contributed by atoms with E-state index in [1.54, 1.807) is 12.2 Å². The molecule has 238 valence electrons. The molecule has 0 saturated carbocycles. The van der Waals surface area contributed by atoms with Crippen LogP contribution < -0.4 is 0 Å². The molecule has 0 aromatic heterocycles. The average Bonchev–Trinajstić information content (AvgIpc) is 2.93. The van der Waals surface area contributed by atoms with Gasteiger partial charge in [-0.2, -0.15) is 0 Å². The van der Waals surface area contributed by atoms with Crippen molar-refractivity contribution in [3.05, 3.63) is 24.3 Å². The second kappa shape index (κ2) is 41.2. The van der Waals surface area contributed by atoms with Crippen molar-refractivity contribution in [3.63, 3.8) is 0 Å². The Morgan fingerprint density at radius 1 is 0.390 bits per heavy atom. The summed E-state index contributed by atoms with van der Waals surface area (Å²) in [6.07, 6.45) is 42.8. The minimum Gasteiger partial charge on any atom is -0.481 e. The molecule has 5 heteroatoms. The molecule has 0 saturated heterocycles. The number of hydrogen-bond donors (Lipinski definition) is 2. The van der Waals surface area contributed by atoms with E-state index in [1.807, 2.05) is 12.2 Å². The third kappa shape index (κ3) is 49.1. The minimum atomic E-state index is -0.740. The first-order valence-electron chi connectivity index (χ1n) is 17.3. The topological polar surface area (TPSA) is 74.6 Å². The van der Waals surface area contributed by atoms with Gasteiger partial charge in [-0.1, -0.05) is 179 Å². The molecule has 0 aliphatic rings. The number of hydrogen-bond acceptors (Lipinski definition) is 2. The molecule has 0 atom stereocenters. The Kier molecular flexibility index (Phi) is 44.7. The Morgan fingerprint density at radius 2 is 0.610 bits per heavy atom. The molecule has 2 N–H and O–H groups in total. The molecule has 0 bridgehead atoms. The number of carbonyl (C=O) groups is 2. The predicted octanol–water partition coefficient (Wildman–Crippen LogP) is 12.2. The van der Waals surface area contributed by atoms with Crippen LogP contribution in [-0.2, 0) is 29.1 Å². The monoisotopic (exact) mass is 628 g/mol. The molecule has 0 fully saturated rings. The van der Waals surface area contributed by atoms with Crippen LogP contribution in [0.5, 0.6) is 0 Å². The zero-order valence-electron chi connectivity index (χ0n) is 27.5. The molecular formula is C36H68O4Zn. The number of rotatable bonds is 30. The second-order valence-corrected chi connectivity index (χ2v) is 11.5. The number of carboxylic acids is 2. The van der Waals surface area contributed by atoms with E-state index >= 15 is 0 Å². The van der Waals surface area contributed by atoms with Gasteiger partial charge >= 0.3 is 11.9 Å². The molecular weight excluding hydrogens is 562 g/mol. The van der Waals surface area contributed by atoms with Gasteiger partial charge in [0, 0.05) is 19.5 Å². The Labute approximate surface area is 268 Å². The molecule has 0 unspecified atom stereocenters. The van der Waals surface area contributed by atoms with Gasteiger partial charge in [0.1, 0.15) is 0 Å². The fourth-order valence-electron chi connectivity index (χ4n) is 4.81. The van der Waals surface area contributed by atoms with Gasteiger partial charge in [-0.15, -0.1) is 0 Å². The third-order valence-electron chi connectivity index (χ3n) is 7.37. The van der Waals surface area contributed by atoms with Crippen LogP contribution in [0.4, 0.5) is 0 Å². The SMILES string of the molecule is CCCCCCCCCCCCCCC=CCC(=O)O.CCCCCCCCCCCCCCC=CCC(=O)O.[Zn]. The third-order valence-corrected chi connectivity index (χ3v) is 7.37. The maximum Gasteiger partial charge on any atom is 0.307 e. The summed E-state index contributed by atoms with van der Waals surface area (Å²) in [6.45, 7) is 4.53. The van der Waals surface area contributed by atoms with Gasteiger partial charge in [-0.25, -0.2) is 0 Å². The van der Waals surface area contributed by atoms with E-state index in [4.69, 9.17) is 10.2 Å². The van der Waals surface area contributed by atoms with Crippen molar-refractivity contribution >= 4 is 11.9 Å². The minimum absolute atomic E-state index is 0. The van der Waals surface area contributed by atoms with Crippen LogP contribution in [-0.4, -0.2) is 22.2 Å². The molecule has 0 radical (unpaired) electrons. The second-order valence-electron chi connectivity index (χ2n) is 11.5. The fraction of sp³-hybridized carbons (Fsp3) is 0.833. The van der Waals surface area contributed by atoms with Crippen molar-refractivity contribution in [1.29, 1.82) is 0 Å². The largest absolute Gasteiger partial charge is 0.481 e. The summed E-state index contributed by atoms with van der Waals surface area (Å²) in [5, 5.41) is 16.9. The van der Waals surface area contributed by atoms with Crippen LogP contribution in [0, 0.1) is 0 Å². The van der Waals surface area contributed by atoms with E-state index in [9.17, 15) is 9.59 Å². The predicted molar refractivity (Wildman–Crippen MR) is 174 cm³/mol. The van der Waals surface area contributed by atoms with Crippen LogP contribution in [0.2, 0.25) is 0 Å². The summed E-state index contributed by atoms with van der Waals surface area (Å²) >= 11 is 0. The van der Waals surface area contributed by atoms with E-state index < -0.39 is 11.9 Å². The Bertz CT molecular complexity index is 524. The van der Waals surface area contributed by atoms with E-state index in [2.05, 4.69) is 13.8 Å². The van der Waals surface area contributed by atoms with Crippen molar-refractivity contribution in [2.24, 2.45) is 0 Å². The number of allylic oxidation sites excluding steroid dienone is 2. The van der Waals surface area contributed by atoms with Crippen LogP contribution in [0.25, 0.3) is 0 Å². The molecule has 0 aliphatic carbocycles. The van der Waals surface area contributed by atoms with Crippen molar-refractivity contribution in [2.75, 3.05) is 0 Å². The average molecular weight is 630 g/mol. The zero-order valence-corrected chi connectivity index (χ0v) is 30.5. The van der Waals surface area contributed by atoms with Gasteiger partial charge in [0.2, 0.25) is 0 Å². The first-order chi connectivity index (χ1) is 19.5. The van der Waals surface area contributed by atoms with Crippen molar-refractivity contribution < 1.29 is 39.3 Å². The smallest absolute Gasteiger partial charge is 0.307 e. The van der Waals surface area contributed by atoms with Gasteiger partial charge in [0.05, 0.1) is 12.8 Å². The van der Waals surface area contributed by atoms with Gasteiger partial charge < -0.3 is 10.2 Å². The Balaban J connectivity index is -0.000000688. The fourth-order valence-corrected chi connectivity index (χ4v) is 4.81. The van der Waals surface area contributed by atoms with Gasteiger partial charge in [-0.3, -0.25) is 9.59 Å². The molecule has 0 spiro atoms. The van der Waals surface area contributed by atoms with Crippen LogP contribution in [0.1, 0.15) is 194 Å². The molecule has 0 aromatic carbocycles. The first kappa shape index (κ1) is 44.5. The summed E-state index contributed by atoms with van der Waals surface area (Å²) < 4.78 is 0. The molecule has 0 amide bonds. The number of unbranched alkanes of at least 4 members (excludes halogenated alkanes) is 24. The molecule has 4 nitrogen and oxygen atoms in total. The van der Waals surface area contributed by atoms with Crippen LogP contribution >= 0.6 is 0 Å². The van der Waals surface area contributed by atoms with Crippen molar-refractivity contribution in [1.82, 2.24) is 0 Å². The summed E-state index contributed by atoms with van der Waals surface area (Å²) in [5.41, 5.74) is 0. The van der Waals surface area contributed by atoms with Gasteiger partial charge in [0.25, 0.3) is 0 Å².